The minimum Gasteiger partial charge on any atom is -0.481 e. The number of nitrogens with one attached hydrogen (secondary N) is 2. The molecule has 2 heterocycles. The molecule has 0 aromatic carbocycles. The Kier molecular flexibility index (Phi) is 10.5. The summed E-state index contributed by atoms with van der Waals surface area (Å²) in [5.74, 6) is -7.57. The second-order valence-electron chi connectivity index (χ2n) is 8.64. The number of alkyl halides is 2. The number of hydrogen-bond donors (Lipinski definition) is 4. The van der Waals surface area contributed by atoms with Gasteiger partial charge >= 0.3 is 5.97 Å². The Bertz CT molecular complexity index is 1100. The van der Waals surface area contributed by atoms with Gasteiger partial charge in [0, 0.05) is 43.2 Å². The van der Waals surface area contributed by atoms with Crippen molar-refractivity contribution >= 4 is 42.1 Å². The number of carbonyl (C=O) groups is 5. The minimum atomic E-state index is -3.18. The average molecular weight is 540 g/mol. The molecule has 0 bridgehead atoms. The highest BCUT2D eigenvalue weighted by atomic mass is 32.1. The zero-order valence-electron chi connectivity index (χ0n) is 19.9. The Labute approximate surface area is 217 Å². The van der Waals surface area contributed by atoms with Crippen molar-refractivity contribution in [2.45, 2.75) is 57.2 Å². The smallest absolute Gasteiger partial charge is 0.307 e. The molecule has 200 valence electrons. The van der Waals surface area contributed by atoms with E-state index in [1.807, 2.05) is 0 Å². The van der Waals surface area contributed by atoms with Crippen molar-refractivity contribution in [1.29, 1.82) is 5.26 Å². The molecule has 1 unspecified atom stereocenters. The SMILES string of the molecule is C[C@@H](NC(=O)c1ccnc(CNC(=O)CCC(=O)CC(CS)C(=O)O)c1)C(=O)N1CC(F)(F)C[C@H]1C#N. The maximum atomic E-state index is 13.6. The van der Waals surface area contributed by atoms with Gasteiger partial charge < -0.3 is 20.6 Å². The predicted molar refractivity (Wildman–Crippen MR) is 128 cm³/mol. The monoisotopic (exact) mass is 539 g/mol. The van der Waals surface area contributed by atoms with E-state index in [1.165, 1.54) is 25.3 Å². The second-order valence-corrected chi connectivity index (χ2v) is 9.00. The van der Waals surface area contributed by atoms with Gasteiger partial charge in [0.05, 0.1) is 30.8 Å². The summed E-state index contributed by atoms with van der Waals surface area (Å²) in [6.07, 6.45) is 0.0331. The number of carboxylic acid groups (broad SMARTS) is 1. The summed E-state index contributed by atoms with van der Waals surface area (Å²) in [5, 5.41) is 23.0. The zero-order chi connectivity index (χ0) is 27.8. The van der Waals surface area contributed by atoms with E-state index in [4.69, 9.17) is 10.4 Å². The van der Waals surface area contributed by atoms with Gasteiger partial charge in [0.2, 0.25) is 11.8 Å². The molecule has 0 radical (unpaired) electrons. The van der Waals surface area contributed by atoms with Crippen LogP contribution >= 0.6 is 12.6 Å². The number of rotatable bonds is 12. The summed E-state index contributed by atoms with van der Waals surface area (Å²) in [7, 11) is 0. The summed E-state index contributed by atoms with van der Waals surface area (Å²) < 4.78 is 27.3. The Balaban J connectivity index is 1.87. The number of aliphatic carboxylic acids is 1. The second kappa shape index (κ2) is 13.1. The van der Waals surface area contributed by atoms with Crippen LogP contribution in [-0.4, -0.2) is 74.8 Å². The summed E-state index contributed by atoms with van der Waals surface area (Å²) in [4.78, 5) is 64.8. The lowest BCUT2D eigenvalue weighted by Gasteiger charge is -2.23. The Morgan fingerprint density at radius 3 is 2.65 bits per heavy atom. The molecule has 11 nitrogen and oxygen atoms in total. The van der Waals surface area contributed by atoms with E-state index >= 15 is 0 Å². The number of aromatic nitrogens is 1. The van der Waals surface area contributed by atoms with Crippen molar-refractivity contribution in [3.05, 3.63) is 29.6 Å². The van der Waals surface area contributed by atoms with Gasteiger partial charge in [-0.15, -0.1) is 0 Å². The fourth-order valence-corrected chi connectivity index (χ4v) is 3.89. The van der Waals surface area contributed by atoms with Crippen LogP contribution < -0.4 is 10.6 Å². The first kappa shape index (κ1) is 29.6. The number of thiol groups is 1. The van der Waals surface area contributed by atoms with Gasteiger partial charge in [-0.1, -0.05) is 0 Å². The molecule has 0 aliphatic carbocycles. The number of amides is 3. The van der Waals surface area contributed by atoms with E-state index < -0.39 is 60.6 Å². The van der Waals surface area contributed by atoms with Gasteiger partial charge in [-0.3, -0.25) is 29.0 Å². The number of carbonyl (C=O) groups excluding carboxylic acids is 4. The summed E-state index contributed by atoms with van der Waals surface area (Å²) in [5.41, 5.74) is 0.403. The topological polar surface area (TPSA) is 170 Å². The standard InChI is InChI=1S/C23H27F2N5O6S/c1-13(21(34)30-12-23(24,25)8-17(30)9-26)29-20(33)14-4-5-27-16(6-14)10-28-19(32)3-2-18(31)7-15(11-37)22(35)36/h4-6,13,15,17,37H,2-3,7-8,10-12H2,1H3,(H,28,32)(H,29,33)(H,35,36)/t13-,15?,17+/m1/s1. The minimum absolute atomic E-state index is 0.00434. The molecule has 3 N–H and O–H groups in total. The van der Waals surface area contributed by atoms with Gasteiger partial charge in [-0.05, 0) is 19.1 Å². The van der Waals surface area contributed by atoms with Crippen molar-refractivity contribution in [2.75, 3.05) is 12.3 Å². The quantitative estimate of drug-likeness (QED) is 0.285. The fraction of sp³-hybridized carbons (Fsp3) is 0.522. The maximum Gasteiger partial charge on any atom is 0.307 e. The van der Waals surface area contributed by atoms with Crippen LogP contribution in [0, 0.1) is 17.2 Å². The average Bonchev–Trinajstić information content (AvgIpc) is 3.18. The van der Waals surface area contributed by atoms with Gasteiger partial charge in [0.25, 0.3) is 11.8 Å². The number of nitrogens with zero attached hydrogens (tertiary/aromatic N) is 3. The molecule has 14 heteroatoms. The van der Waals surface area contributed by atoms with E-state index in [9.17, 15) is 32.8 Å². The highest BCUT2D eigenvalue weighted by Crippen LogP contribution is 2.32. The molecule has 1 fully saturated rings. The molecule has 0 saturated carbocycles. The summed E-state index contributed by atoms with van der Waals surface area (Å²) in [6, 6.07) is 1.95. The molecule has 0 spiro atoms. The number of hydrogen-bond acceptors (Lipinski definition) is 8. The third-order valence-corrected chi connectivity index (χ3v) is 6.08. The number of nitriles is 1. The largest absolute Gasteiger partial charge is 0.481 e. The van der Waals surface area contributed by atoms with Crippen molar-refractivity contribution in [2.24, 2.45) is 5.92 Å². The van der Waals surface area contributed by atoms with E-state index in [2.05, 4.69) is 28.2 Å². The van der Waals surface area contributed by atoms with E-state index in [0.29, 0.717) is 5.69 Å². The zero-order valence-corrected chi connectivity index (χ0v) is 20.8. The van der Waals surface area contributed by atoms with Crippen LogP contribution in [0.5, 0.6) is 0 Å². The molecule has 2 rings (SSSR count). The lowest BCUT2D eigenvalue weighted by Crippen LogP contribution is -2.48. The predicted octanol–water partition coefficient (Wildman–Crippen LogP) is 0.946. The normalized spacial score (nSPS) is 17.8. The highest BCUT2D eigenvalue weighted by molar-refractivity contribution is 7.80. The molecule has 37 heavy (non-hydrogen) atoms. The van der Waals surface area contributed by atoms with Crippen molar-refractivity contribution in [3.8, 4) is 6.07 Å². The number of pyridine rings is 1. The van der Waals surface area contributed by atoms with Crippen LogP contribution in [0.15, 0.2) is 18.3 Å². The van der Waals surface area contributed by atoms with E-state index in [-0.39, 0.29) is 42.9 Å². The molecule has 1 aliphatic rings. The fourth-order valence-electron chi connectivity index (χ4n) is 3.61. The molecule has 3 amide bonds. The van der Waals surface area contributed by atoms with Crippen molar-refractivity contribution in [1.82, 2.24) is 20.5 Å². The Morgan fingerprint density at radius 1 is 1.32 bits per heavy atom. The van der Waals surface area contributed by atoms with Crippen molar-refractivity contribution < 1.29 is 37.9 Å². The molecule has 1 saturated heterocycles. The first-order chi connectivity index (χ1) is 17.4. The number of Topliss-reactive ketones (excluding diaryl/α,β-unsaturated/α-hetero) is 1. The summed E-state index contributed by atoms with van der Waals surface area (Å²) in [6.45, 7) is 0.359. The van der Waals surface area contributed by atoms with Gasteiger partial charge in [-0.2, -0.15) is 17.9 Å². The van der Waals surface area contributed by atoms with E-state index in [0.717, 1.165) is 4.90 Å². The Morgan fingerprint density at radius 2 is 2.03 bits per heavy atom. The van der Waals surface area contributed by atoms with Crippen LogP contribution in [0.1, 0.15) is 48.7 Å². The molecule has 1 aromatic rings. The van der Waals surface area contributed by atoms with Crippen LogP contribution in [0.2, 0.25) is 0 Å². The lowest BCUT2D eigenvalue weighted by molar-refractivity contribution is -0.142. The summed E-state index contributed by atoms with van der Waals surface area (Å²) >= 11 is 3.89. The Hall–Kier alpha value is -3.60. The van der Waals surface area contributed by atoms with Gasteiger partial charge in [-0.25, -0.2) is 8.78 Å². The third kappa shape index (κ3) is 8.78. The highest BCUT2D eigenvalue weighted by Gasteiger charge is 2.48. The first-order valence-corrected chi connectivity index (χ1v) is 12.0. The van der Waals surface area contributed by atoms with Crippen LogP contribution in [0.3, 0.4) is 0 Å². The number of halogens is 2. The molecule has 1 aromatic heterocycles. The molecule has 1 aliphatic heterocycles. The number of ketones is 1. The third-order valence-electron chi connectivity index (χ3n) is 5.64. The molecular weight excluding hydrogens is 512 g/mol. The van der Waals surface area contributed by atoms with Gasteiger partial charge in [0.1, 0.15) is 17.9 Å². The van der Waals surface area contributed by atoms with Crippen molar-refractivity contribution in [3.63, 3.8) is 0 Å². The van der Waals surface area contributed by atoms with Crippen LogP contribution in [0.4, 0.5) is 8.78 Å². The van der Waals surface area contributed by atoms with Crippen LogP contribution in [0.25, 0.3) is 0 Å². The lowest BCUT2D eigenvalue weighted by atomic mass is 10.0. The number of carboxylic acids is 1. The molecule has 3 atom stereocenters. The van der Waals surface area contributed by atoms with Crippen LogP contribution in [-0.2, 0) is 25.7 Å². The van der Waals surface area contributed by atoms with E-state index in [1.54, 1.807) is 6.07 Å². The maximum absolute atomic E-state index is 13.6. The molecular formula is C23H27F2N5O6S. The first-order valence-electron chi connectivity index (χ1n) is 11.3. The number of likely N-dealkylation sites (tertiary alicyclic amines) is 1. The van der Waals surface area contributed by atoms with Gasteiger partial charge in [0.15, 0.2) is 0 Å².